The van der Waals surface area contributed by atoms with E-state index in [4.69, 9.17) is 0 Å². The molecule has 1 N–H and O–H groups in total. The van der Waals surface area contributed by atoms with Crippen LogP contribution in [0.25, 0.3) is 0 Å². The predicted octanol–water partition coefficient (Wildman–Crippen LogP) is 3.78. The van der Waals surface area contributed by atoms with Crippen LogP contribution in [0.5, 0.6) is 0 Å². The molecule has 1 heteroatoms. The van der Waals surface area contributed by atoms with E-state index in [1.807, 2.05) is 0 Å². The zero-order valence-corrected chi connectivity index (χ0v) is 11.1. The van der Waals surface area contributed by atoms with Crippen LogP contribution in [0.2, 0.25) is 0 Å². The van der Waals surface area contributed by atoms with Gasteiger partial charge in [-0.3, -0.25) is 0 Å². The van der Waals surface area contributed by atoms with Crippen molar-refractivity contribution < 1.29 is 0 Å². The van der Waals surface area contributed by atoms with Crippen molar-refractivity contribution in [3.05, 3.63) is 34.9 Å². The van der Waals surface area contributed by atoms with E-state index in [1.165, 1.54) is 16.7 Å². The van der Waals surface area contributed by atoms with Gasteiger partial charge in [0, 0.05) is 12.6 Å². The van der Waals surface area contributed by atoms with Crippen LogP contribution in [-0.4, -0.2) is 0 Å². The fourth-order valence-electron chi connectivity index (χ4n) is 2.45. The third kappa shape index (κ3) is 2.01. The topological polar surface area (TPSA) is 12.0 Å². The number of benzene rings is 1. The molecule has 0 saturated heterocycles. The first-order chi connectivity index (χ1) is 7.39. The molecule has 0 bridgehead atoms. The second-order valence-corrected chi connectivity index (χ2v) is 6.27. The lowest BCUT2D eigenvalue weighted by atomic mass is 9.84. The molecule has 0 fully saturated rings. The third-order valence-electron chi connectivity index (χ3n) is 3.52. The molecule has 1 aliphatic rings. The Morgan fingerprint density at radius 3 is 2.50 bits per heavy atom. The Kier molecular flexibility index (Phi) is 2.83. The van der Waals surface area contributed by atoms with Crippen molar-refractivity contribution in [3.63, 3.8) is 0 Å². The Balaban J connectivity index is 2.37. The molecule has 0 amide bonds. The van der Waals surface area contributed by atoms with Gasteiger partial charge in [-0.2, -0.15) is 0 Å². The molecule has 88 valence electrons. The van der Waals surface area contributed by atoms with Crippen molar-refractivity contribution >= 4 is 0 Å². The summed E-state index contributed by atoms with van der Waals surface area (Å²) in [5.41, 5.74) is 4.69. The highest BCUT2D eigenvalue weighted by Crippen LogP contribution is 2.33. The molecule has 0 aliphatic carbocycles. The minimum absolute atomic E-state index is 0.255. The molecule has 2 rings (SSSR count). The first kappa shape index (κ1) is 11.7. The van der Waals surface area contributed by atoms with Crippen LogP contribution < -0.4 is 5.32 Å². The lowest BCUT2D eigenvalue weighted by Crippen LogP contribution is -2.17. The summed E-state index contributed by atoms with van der Waals surface area (Å²) in [4.78, 5) is 0. The molecule has 0 saturated carbocycles. The van der Waals surface area contributed by atoms with Crippen LogP contribution in [0.15, 0.2) is 18.2 Å². The minimum atomic E-state index is 0.255. The van der Waals surface area contributed by atoms with Gasteiger partial charge in [-0.15, -0.1) is 0 Å². The normalized spacial score (nSPS) is 20.2. The Morgan fingerprint density at radius 2 is 1.94 bits per heavy atom. The highest BCUT2D eigenvalue weighted by Gasteiger charge is 2.25. The maximum Gasteiger partial charge on any atom is 0.0349 e. The van der Waals surface area contributed by atoms with E-state index in [1.54, 1.807) is 0 Å². The molecule has 1 nitrogen and oxygen atoms in total. The first-order valence-electron chi connectivity index (χ1n) is 6.26. The smallest absolute Gasteiger partial charge is 0.0349 e. The Labute approximate surface area is 99.3 Å². The van der Waals surface area contributed by atoms with Gasteiger partial charge in [0.2, 0.25) is 0 Å². The van der Waals surface area contributed by atoms with Crippen molar-refractivity contribution in [2.75, 3.05) is 0 Å². The quantitative estimate of drug-likeness (QED) is 0.754. The van der Waals surface area contributed by atoms with E-state index in [0.717, 1.165) is 6.54 Å². The van der Waals surface area contributed by atoms with Gasteiger partial charge in [0.05, 0.1) is 0 Å². The summed E-state index contributed by atoms with van der Waals surface area (Å²) >= 11 is 0. The third-order valence-corrected chi connectivity index (χ3v) is 3.52. The number of nitrogens with one attached hydrogen (secondary N) is 1. The molecule has 1 aromatic rings. The maximum atomic E-state index is 3.60. The van der Waals surface area contributed by atoms with Gasteiger partial charge in [-0.1, -0.05) is 52.8 Å². The Morgan fingerprint density at radius 1 is 1.25 bits per heavy atom. The van der Waals surface area contributed by atoms with E-state index in [-0.39, 0.29) is 5.41 Å². The van der Waals surface area contributed by atoms with Gasteiger partial charge in [-0.25, -0.2) is 0 Å². The van der Waals surface area contributed by atoms with Gasteiger partial charge in [-0.05, 0) is 28.0 Å². The zero-order valence-electron chi connectivity index (χ0n) is 11.1. The van der Waals surface area contributed by atoms with Gasteiger partial charge in [0.25, 0.3) is 0 Å². The van der Waals surface area contributed by atoms with Crippen molar-refractivity contribution in [1.29, 1.82) is 0 Å². The van der Waals surface area contributed by atoms with Crippen LogP contribution in [0, 0.1) is 5.92 Å². The average Bonchev–Trinajstić information content (AvgIpc) is 2.58. The minimum Gasteiger partial charge on any atom is -0.306 e. The molecule has 0 spiro atoms. The van der Waals surface area contributed by atoms with Gasteiger partial charge < -0.3 is 5.32 Å². The van der Waals surface area contributed by atoms with Crippen molar-refractivity contribution in [1.82, 2.24) is 5.32 Å². The molecule has 0 aromatic heterocycles. The average molecular weight is 217 g/mol. The van der Waals surface area contributed by atoms with Gasteiger partial charge >= 0.3 is 0 Å². The number of rotatable bonds is 1. The monoisotopic (exact) mass is 217 g/mol. The summed E-state index contributed by atoms with van der Waals surface area (Å²) in [6.07, 6.45) is 0. The van der Waals surface area contributed by atoms with E-state index >= 15 is 0 Å². The van der Waals surface area contributed by atoms with Crippen LogP contribution >= 0.6 is 0 Å². The van der Waals surface area contributed by atoms with Gasteiger partial charge in [0.1, 0.15) is 0 Å². The van der Waals surface area contributed by atoms with Crippen molar-refractivity contribution in [2.24, 2.45) is 5.92 Å². The molecule has 1 unspecified atom stereocenters. The summed E-state index contributed by atoms with van der Waals surface area (Å²) in [6, 6.07) is 7.54. The summed E-state index contributed by atoms with van der Waals surface area (Å²) in [5.74, 6) is 0.668. The summed E-state index contributed by atoms with van der Waals surface area (Å²) in [7, 11) is 0. The van der Waals surface area contributed by atoms with Crippen molar-refractivity contribution in [3.8, 4) is 0 Å². The standard InChI is InChI=1S/C15H23N/c1-10(2)14-13-7-6-12(15(3,4)5)8-11(13)9-16-14/h6-8,10,14,16H,9H2,1-5H3. The summed E-state index contributed by atoms with van der Waals surface area (Å²) in [5, 5.41) is 3.60. The van der Waals surface area contributed by atoms with Crippen LogP contribution in [-0.2, 0) is 12.0 Å². The SMILES string of the molecule is CC(C)C1NCc2cc(C(C)(C)C)ccc21. The molecular formula is C15H23N. The van der Waals surface area contributed by atoms with E-state index < -0.39 is 0 Å². The number of hydrogen-bond donors (Lipinski definition) is 1. The first-order valence-corrected chi connectivity index (χ1v) is 6.26. The highest BCUT2D eigenvalue weighted by atomic mass is 14.9. The van der Waals surface area contributed by atoms with Crippen LogP contribution in [0.3, 0.4) is 0 Å². The molecule has 0 radical (unpaired) electrons. The second-order valence-electron chi connectivity index (χ2n) is 6.27. The van der Waals surface area contributed by atoms with Gasteiger partial charge in [0.15, 0.2) is 0 Å². The molecule has 1 heterocycles. The Bertz CT molecular complexity index is 385. The largest absolute Gasteiger partial charge is 0.306 e. The molecule has 16 heavy (non-hydrogen) atoms. The number of fused-ring (bicyclic) bond motifs is 1. The lowest BCUT2D eigenvalue weighted by molar-refractivity contribution is 0.441. The van der Waals surface area contributed by atoms with E-state index in [0.29, 0.717) is 12.0 Å². The molecular weight excluding hydrogens is 194 g/mol. The van der Waals surface area contributed by atoms with E-state index in [9.17, 15) is 0 Å². The number of hydrogen-bond acceptors (Lipinski definition) is 1. The maximum absolute atomic E-state index is 3.60. The van der Waals surface area contributed by atoms with E-state index in [2.05, 4.69) is 58.1 Å². The zero-order chi connectivity index (χ0) is 11.9. The Hall–Kier alpha value is -0.820. The molecule has 1 aromatic carbocycles. The fraction of sp³-hybridized carbons (Fsp3) is 0.600. The van der Waals surface area contributed by atoms with Crippen molar-refractivity contribution in [2.45, 2.75) is 52.6 Å². The summed E-state index contributed by atoms with van der Waals surface area (Å²) < 4.78 is 0. The lowest BCUT2D eigenvalue weighted by Gasteiger charge is -2.21. The highest BCUT2D eigenvalue weighted by molar-refractivity contribution is 5.39. The fourth-order valence-corrected chi connectivity index (χ4v) is 2.45. The molecule has 1 atom stereocenters. The predicted molar refractivity (Wildman–Crippen MR) is 69.6 cm³/mol. The second kappa shape index (κ2) is 3.89. The van der Waals surface area contributed by atoms with Crippen LogP contribution in [0.1, 0.15) is 57.4 Å². The molecule has 1 aliphatic heterocycles. The summed E-state index contributed by atoms with van der Waals surface area (Å²) in [6.45, 7) is 12.4. The van der Waals surface area contributed by atoms with Crippen LogP contribution in [0.4, 0.5) is 0 Å².